The van der Waals surface area contributed by atoms with Crippen molar-refractivity contribution >= 4 is 109 Å². The van der Waals surface area contributed by atoms with Crippen molar-refractivity contribution in [1.82, 2.24) is 4.90 Å². The van der Waals surface area contributed by atoms with Crippen LogP contribution in [0.2, 0.25) is 30.1 Å². The van der Waals surface area contributed by atoms with Crippen LogP contribution in [0.3, 0.4) is 0 Å². The van der Waals surface area contributed by atoms with Gasteiger partial charge in [0.05, 0.1) is 48.8 Å². The van der Waals surface area contributed by atoms with Gasteiger partial charge in [-0.25, -0.2) is 0 Å². The molecule has 0 saturated carbocycles. The number of rotatable bonds is 4. The summed E-state index contributed by atoms with van der Waals surface area (Å²) in [4.78, 5) is 43.0. The van der Waals surface area contributed by atoms with Crippen LogP contribution in [0.1, 0.15) is 32.3 Å². The van der Waals surface area contributed by atoms with Gasteiger partial charge in [0.1, 0.15) is 11.8 Å². The van der Waals surface area contributed by atoms with E-state index in [1.807, 2.05) is 0 Å². The molecule has 190 valence electrons. The zero-order chi connectivity index (χ0) is 26.9. The first-order chi connectivity index (χ1) is 17.5. The van der Waals surface area contributed by atoms with Gasteiger partial charge in [-0.1, -0.05) is 75.7 Å². The summed E-state index contributed by atoms with van der Waals surface area (Å²) >= 11 is 40.7. The highest BCUT2D eigenvalue weighted by Gasteiger charge is 2.58. The lowest BCUT2D eigenvalue weighted by molar-refractivity contribution is -0.130. The maximum atomic E-state index is 13.6. The molecule has 0 spiro atoms. The predicted molar refractivity (Wildman–Crippen MR) is 148 cm³/mol. The molecule has 1 saturated heterocycles. The molecular formula is C24H11BrCl6N2O4. The van der Waals surface area contributed by atoms with Crippen molar-refractivity contribution in [1.29, 1.82) is 0 Å². The fourth-order valence-electron chi connectivity index (χ4n) is 4.51. The van der Waals surface area contributed by atoms with Gasteiger partial charge >= 0.3 is 0 Å². The molecule has 2 aliphatic heterocycles. The van der Waals surface area contributed by atoms with Gasteiger partial charge in [-0.2, -0.15) is 0 Å². The summed E-state index contributed by atoms with van der Waals surface area (Å²) in [5.74, 6) is -1.63. The molecule has 2 aliphatic rings. The molecule has 2 heterocycles. The normalized spacial score (nSPS) is 18.9. The van der Waals surface area contributed by atoms with Crippen LogP contribution >= 0.6 is 85.5 Å². The van der Waals surface area contributed by atoms with Gasteiger partial charge in [0.15, 0.2) is 0 Å². The number of β-lactam (4-membered cyclic amide) rings is 1. The first-order valence-corrected chi connectivity index (χ1v) is 13.4. The number of anilines is 1. The molecule has 1 fully saturated rings. The fraction of sp³-hybridized carbons (Fsp3) is 0.125. The summed E-state index contributed by atoms with van der Waals surface area (Å²) < 4.78 is 5.91. The van der Waals surface area contributed by atoms with E-state index in [4.69, 9.17) is 74.3 Å². The Morgan fingerprint density at radius 2 is 1.27 bits per heavy atom. The van der Waals surface area contributed by atoms with Crippen molar-refractivity contribution in [3.05, 3.63) is 87.7 Å². The molecular weight excluding hydrogens is 673 g/mol. The molecule has 37 heavy (non-hydrogen) atoms. The molecule has 3 amide bonds. The minimum Gasteiger partial charge on any atom is -0.496 e. The number of halogens is 7. The van der Waals surface area contributed by atoms with Gasteiger partial charge in [-0.05, 0) is 51.8 Å². The Labute approximate surface area is 249 Å². The van der Waals surface area contributed by atoms with E-state index in [2.05, 4.69) is 15.9 Å². The third kappa shape index (κ3) is 4.11. The number of hydrogen-bond donors (Lipinski definition) is 0. The van der Waals surface area contributed by atoms with Crippen molar-refractivity contribution < 1.29 is 19.1 Å². The van der Waals surface area contributed by atoms with Crippen LogP contribution in [-0.2, 0) is 4.79 Å². The minimum absolute atomic E-state index is 0.166. The molecule has 0 bridgehead atoms. The van der Waals surface area contributed by atoms with Crippen LogP contribution in [0, 0.1) is 0 Å². The topological polar surface area (TPSA) is 66.9 Å². The first-order valence-electron chi connectivity index (χ1n) is 10.3. The van der Waals surface area contributed by atoms with Gasteiger partial charge in [0.25, 0.3) is 17.7 Å². The van der Waals surface area contributed by atoms with Gasteiger partial charge in [0.2, 0.25) is 0 Å². The average Bonchev–Trinajstić information content (AvgIpc) is 3.09. The summed E-state index contributed by atoms with van der Waals surface area (Å²) in [6.07, 6.45) is 0. The van der Waals surface area contributed by atoms with Gasteiger partial charge in [-0.3, -0.25) is 19.3 Å². The Balaban J connectivity index is 1.66. The lowest BCUT2D eigenvalue weighted by Gasteiger charge is -2.50. The lowest BCUT2D eigenvalue weighted by Crippen LogP contribution is -2.67. The number of fused-ring (bicyclic) bond motifs is 1. The maximum Gasteiger partial charge on any atom is 0.264 e. The molecule has 0 radical (unpaired) electrons. The number of hydrogen-bond acceptors (Lipinski definition) is 4. The lowest BCUT2D eigenvalue weighted by atomic mass is 9.86. The van der Waals surface area contributed by atoms with Crippen molar-refractivity contribution in [2.75, 3.05) is 12.0 Å². The summed E-state index contributed by atoms with van der Waals surface area (Å²) in [6, 6.07) is 7.73. The smallest absolute Gasteiger partial charge is 0.264 e. The summed E-state index contributed by atoms with van der Waals surface area (Å²) in [5.41, 5.74) is 0.559. The zero-order valence-electron chi connectivity index (χ0n) is 18.3. The van der Waals surface area contributed by atoms with Crippen molar-refractivity contribution in [2.45, 2.75) is 12.1 Å². The third-order valence-corrected chi connectivity index (χ3v) is 8.98. The average molecular weight is 684 g/mol. The second-order valence-electron chi connectivity index (χ2n) is 8.11. The summed E-state index contributed by atoms with van der Waals surface area (Å²) in [7, 11) is 1.51. The number of ether oxygens (including phenoxy) is 1. The highest BCUT2D eigenvalue weighted by molar-refractivity contribution is 9.10. The van der Waals surface area contributed by atoms with Gasteiger partial charge in [0, 0.05) is 15.7 Å². The molecule has 2 atom stereocenters. The Hall–Kier alpha value is -1.71. The molecule has 3 aromatic rings. The standard InChI is InChI=1S/C24H11BrCl6N2O4/c1-37-13-3-2-8(4-12(13)25)20-21(24(36)32(20)11-6-9(26)5-10(27)7-11)33-22(34)14-15(23(33)35)17(29)19(31)18(30)16(14)28/h2-7,20-21H,1H3. The SMILES string of the molecule is COc1ccc(C2C(N3C(=O)c4c(Cl)c(Cl)c(Cl)c(Cl)c4C3=O)C(=O)N2c2cc(Cl)cc(Cl)c2)cc1Br. The number of carbonyl (C=O) groups excluding carboxylic acids is 3. The van der Waals surface area contributed by atoms with E-state index in [1.165, 1.54) is 18.1 Å². The van der Waals surface area contributed by atoms with E-state index in [9.17, 15) is 14.4 Å². The summed E-state index contributed by atoms with van der Waals surface area (Å²) in [5, 5.41) is -0.169. The molecule has 13 heteroatoms. The number of nitrogens with zero attached hydrogens (tertiary/aromatic N) is 2. The number of amides is 3. The van der Waals surface area contributed by atoms with Crippen LogP contribution in [-0.4, -0.2) is 35.8 Å². The van der Waals surface area contributed by atoms with Gasteiger partial charge in [-0.15, -0.1) is 0 Å². The van der Waals surface area contributed by atoms with Gasteiger partial charge < -0.3 is 9.64 Å². The van der Waals surface area contributed by atoms with Crippen molar-refractivity contribution in [3.63, 3.8) is 0 Å². The molecule has 3 aromatic carbocycles. The highest BCUT2D eigenvalue weighted by atomic mass is 79.9. The molecule has 2 unspecified atom stereocenters. The molecule has 6 nitrogen and oxygen atoms in total. The van der Waals surface area contributed by atoms with Crippen molar-refractivity contribution in [2.24, 2.45) is 0 Å². The third-order valence-electron chi connectivity index (χ3n) is 6.12. The van der Waals surface area contributed by atoms with E-state index in [1.54, 1.807) is 30.3 Å². The highest BCUT2D eigenvalue weighted by Crippen LogP contribution is 2.50. The molecule has 0 N–H and O–H groups in total. The Morgan fingerprint density at radius 1 is 0.730 bits per heavy atom. The number of imide groups is 1. The van der Waals surface area contributed by atoms with Crippen LogP contribution < -0.4 is 9.64 Å². The van der Waals surface area contributed by atoms with Crippen molar-refractivity contribution in [3.8, 4) is 5.75 Å². The van der Waals surface area contributed by atoms with Crippen LogP contribution in [0.25, 0.3) is 0 Å². The maximum absolute atomic E-state index is 13.6. The largest absolute Gasteiger partial charge is 0.496 e. The van der Waals surface area contributed by atoms with E-state index in [0.29, 0.717) is 31.5 Å². The Morgan fingerprint density at radius 3 is 1.76 bits per heavy atom. The second kappa shape index (κ2) is 9.79. The van der Waals surface area contributed by atoms with Crippen LogP contribution in [0.15, 0.2) is 40.9 Å². The zero-order valence-corrected chi connectivity index (χ0v) is 24.4. The molecule has 5 rings (SSSR count). The quantitative estimate of drug-likeness (QED) is 0.121. The van der Waals surface area contributed by atoms with E-state index in [0.717, 1.165) is 4.90 Å². The molecule has 0 aliphatic carbocycles. The van der Waals surface area contributed by atoms with E-state index in [-0.39, 0.29) is 31.2 Å². The number of carbonyl (C=O) groups is 3. The monoisotopic (exact) mass is 680 g/mol. The first kappa shape index (κ1) is 26.9. The Bertz CT molecular complexity index is 1480. The minimum atomic E-state index is -1.24. The second-order valence-corrected chi connectivity index (χ2v) is 11.3. The fourth-order valence-corrected chi connectivity index (χ4v) is 6.60. The number of benzene rings is 3. The van der Waals surface area contributed by atoms with E-state index >= 15 is 0 Å². The summed E-state index contributed by atoms with van der Waals surface area (Å²) in [6.45, 7) is 0. The molecule has 0 aromatic heterocycles. The van der Waals surface area contributed by atoms with E-state index < -0.39 is 29.8 Å². The van der Waals surface area contributed by atoms with Crippen LogP contribution in [0.4, 0.5) is 5.69 Å². The predicted octanol–water partition coefficient (Wildman–Crippen LogP) is 8.13. The Kier molecular flexibility index (Phi) is 7.12. The number of methoxy groups -OCH3 is 1. The van der Waals surface area contributed by atoms with Crippen LogP contribution in [0.5, 0.6) is 5.75 Å².